The highest BCUT2D eigenvalue weighted by molar-refractivity contribution is 6.30. The first-order chi connectivity index (χ1) is 12.2. The molecule has 0 atom stereocenters. The van der Waals surface area contributed by atoms with Crippen LogP contribution in [0.2, 0.25) is 5.02 Å². The van der Waals surface area contributed by atoms with Crippen molar-refractivity contribution >= 4 is 17.5 Å². The van der Waals surface area contributed by atoms with E-state index in [1.807, 2.05) is 55.6 Å². The lowest BCUT2D eigenvalue weighted by molar-refractivity contribution is 0.0954. The first kappa shape index (κ1) is 17.2. The van der Waals surface area contributed by atoms with Gasteiger partial charge in [0.15, 0.2) is 0 Å². The fraction of sp³-hybridized carbons (Fsp3) is 0.200. The van der Waals surface area contributed by atoms with Crippen molar-refractivity contribution in [3.8, 4) is 11.3 Å². The number of nitrogens with zero attached hydrogens (tertiary/aromatic N) is 2. The van der Waals surface area contributed by atoms with Crippen molar-refractivity contribution in [2.75, 3.05) is 6.54 Å². The number of halogens is 1. The van der Waals surface area contributed by atoms with E-state index in [1.165, 1.54) is 0 Å². The summed E-state index contributed by atoms with van der Waals surface area (Å²) < 4.78 is 1.81. The van der Waals surface area contributed by atoms with Crippen molar-refractivity contribution in [2.45, 2.75) is 19.9 Å². The van der Waals surface area contributed by atoms with Gasteiger partial charge in [-0.25, -0.2) is 0 Å². The molecule has 0 aliphatic rings. The molecule has 0 saturated carbocycles. The highest BCUT2D eigenvalue weighted by atomic mass is 35.5. The number of benzene rings is 2. The Morgan fingerprint density at radius 2 is 1.84 bits per heavy atom. The summed E-state index contributed by atoms with van der Waals surface area (Å²) >= 11 is 5.98. The Labute approximate surface area is 152 Å². The molecule has 0 spiro atoms. The van der Waals surface area contributed by atoms with Crippen LogP contribution in [0.3, 0.4) is 0 Å². The number of nitrogens with one attached hydrogen (secondary N) is 1. The van der Waals surface area contributed by atoms with E-state index in [9.17, 15) is 4.79 Å². The minimum Gasteiger partial charge on any atom is -0.352 e. The zero-order valence-electron chi connectivity index (χ0n) is 14.1. The Balaban J connectivity index is 1.95. The summed E-state index contributed by atoms with van der Waals surface area (Å²) in [4.78, 5) is 12.5. The predicted molar refractivity (Wildman–Crippen MR) is 101 cm³/mol. The number of aromatic nitrogens is 2. The van der Waals surface area contributed by atoms with Crippen LogP contribution < -0.4 is 5.32 Å². The van der Waals surface area contributed by atoms with Gasteiger partial charge >= 0.3 is 0 Å². The molecule has 3 rings (SSSR count). The summed E-state index contributed by atoms with van der Waals surface area (Å²) in [7, 11) is 0. The van der Waals surface area contributed by atoms with E-state index < -0.39 is 0 Å². The summed E-state index contributed by atoms with van der Waals surface area (Å²) in [5.74, 6) is -0.105. The second-order valence-corrected chi connectivity index (χ2v) is 6.27. The highest BCUT2D eigenvalue weighted by Gasteiger charge is 2.17. The van der Waals surface area contributed by atoms with Gasteiger partial charge in [0, 0.05) is 23.3 Å². The Kier molecular flexibility index (Phi) is 5.51. The number of hydrogen-bond acceptors (Lipinski definition) is 2. The van der Waals surface area contributed by atoms with Gasteiger partial charge in [0.2, 0.25) is 0 Å². The molecule has 3 aromatic rings. The van der Waals surface area contributed by atoms with Crippen LogP contribution in [0.15, 0.2) is 60.8 Å². The molecule has 1 amide bonds. The van der Waals surface area contributed by atoms with Crippen LogP contribution in [0.5, 0.6) is 0 Å². The summed E-state index contributed by atoms with van der Waals surface area (Å²) in [5, 5.41) is 8.23. The fourth-order valence-electron chi connectivity index (χ4n) is 2.59. The Morgan fingerprint density at radius 1 is 1.12 bits per heavy atom. The number of carbonyl (C=O) groups excluding carboxylic acids is 1. The number of hydrogen-bond donors (Lipinski definition) is 1. The van der Waals surface area contributed by atoms with Crippen LogP contribution in [-0.2, 0) is 6.54 Å². The standard InChI is InChI=1S/C20H20ClN3O/c1-2-12-22-20(25)18-14-24(13-15-6-4-3-5-7-15)23-19(18)16-8-10-17(21)11-9-16/h3-11,14H,2,12-13H2,1H3,(H,22,25). The third kappa shape index (κ3) is 4.28. The zero-order chi connectivity index (χ0) is 17.6. The lowest BCUT2D eigenvalue weighted by atomic mass is 10.1. The first-order valence-electron chi connectivity index (χ1n) is 8.33. The number of rotatable bonds is 6. The lowest BCUT2D eigenvalue weighted by Crippen LogP contribution is -2.24. The maximum Gasteiger partial charge on any atom is 0.255 e. The normalized spacial score (nSPS) is 10.6. The van der Waals surface area contributed by atoms with Gasteiger partial charge in [-0.1, -0.05) is 61.0 Å². The van der Waals surface area contributed by atoms with Gasteiger partial charge in [-0.2, -0.15) is 5.10 Å². The second-order valence-electron chi connectivity index (χ2n) is 5.84. The summed E-state index contributed by atoms with van der Waals surface area (Å²) in [6.07, 6.45) is 2.70. The van der Waals surface area contributed by atoms with Crippen molar-refractivity contribution in [3.63, 3.8) is 0 Å². The maximum absolute atomic E-state index is 12.5. The van der Waals surface area contributed by atoms with Gasteiger partial charge in [-0.05, 0) is 24.1 Å². The molecular weight excluding hydrogens is 334 g/mol. The molecule has 5 heteroatoms. The van der Waals surface area contributed by atoms with E-state index in [1.54, 1.807) is 16.8 Å². The molecule has 0 aliphatic carbocycles. The Bertz CT molecular complexity index is 841. The van der Waals surface area contributed by atoms with Crippen molar-refractivity contribution < 1.29 is 4.79 Å². The average molecular weight is 354 g/mol. The van der Waals surface area contributed by atoms with Crippen molar-refractivity contribution in [1.29, 1.82) is 0 Å². The van der Waals surface area contributed by atoms with Crippen LogP contribution in [0.25, 0.3) is 11.3 Å². The number of carbonyl (C=O) groups is 1. The SMILES string of the molecule is CCCNC(=O)c1cn(Cc2ccccc2)nc1-c1ccc(Cl)cc1. The van der Waals surface area contributed by atoms with Gasteiger partial charge in [0.25, 0.3) is 5.91 Å². The summed E-state index contributed by atoms with van der Waals surface area (Å²) in [6, 6.07) is 17.4. The van der Waals surface area contributed by atoms with Crippen molar-refractivity contribution in [2.24, 2.45) is 0 Å². The first-order valence-corrected chi connectivity index (χ1v) is 8.70. The average Bonchev–Trinajstić information content (AvgIpc) is 3.05. The van der Waals surface area contributed by atoms with Gasteiger partial charge in [-0.3, -0.25) is 9.48 Å². The molecule has 0 fully saturated rings. The Morgan fingerprint density at radius 3 is 2.52 bits per heavy atom. The summed E-state index contributed by atoms with van der Waals surface area (Å²) in [6.45, 7) is 3.28. The molecule has 128 valence electrons. The third-order valence-electron chi connectivity index (χ3n) is 3.85. The minimum atomic E-state index is -0.105. The zero-order valence-corrected chi connectivity index (χ0v) is 14.8. The van der Waals surface area contributed by atoms with E-state index in [-0.39, 0.29) is 5.91 Å². The third-order valence-corrected chi connectivity index (χ3v) is 4.10. The molecule has 1 aromatic heterocycles. The molecular formula is C20H20ClN3O. The summed E-state index contributed by atoms with van der Waals surface area (Å²) in [5.41, 5.74) is 3.25. The second kappa shape index (κ2) is 7.99. The van der Waals surface area contributed by atoms with Gasteiger partial charge in [-0.15, -0.1) is 0 Å². The largest absolute Gasteiger partial charge is 0.352 e. The molecule has 4 nitrogen and oxygen atoms in total. The molecule has 0 unspecified atom stereocenters. The quantitative estimate of drug-likeness (QED) is 0.714. The monoisotopic (exact) mass is 353 g/mol. The van der Waals surface area contributed by atoms with Crippen LogP contribution >= 0.6 is 11.6 Å². The van der Waals surface area contributed by atoms with Crippen LogP contribution in [0.4, 0.5) is 0 Å². The van der Waals surface area contributed by atoms with Crippen molar-refractivity contribution in [3.05, 3.63) is 76.9 Å². The molecule has 2 aromatic carbocycles. The van der Waals surface area contributed by atoms with Gasteiger partial charge < -0.3 is 5.32 Å². The highest BCUT2D eigenvalue weighted by Crippen LogP contribution is 2.24. The molecule has 25 heavy (non-hydrogen) atoms. The van der Waals surface area contributed by atoms with E-state index in [0.717, 1.165) is 17.5 Å². The fourth-order valence-corrected chi connectivity index (χ4v) is 2.72. The van der Waals surface area contributed by atoms with Gasteiger partial charge in [0.1, 0.15) is 5.69 Å². The van der Waals surface area contributed by atoms with Crippen LogP contribution in [-0.4, -0.2) is 22.2 Å². The molecule has 0 radical (unpaired) electrons. The van der Waals surface area contributed by atoms with Crippen molar-refractivity contribution in [1.82, 2.24) is 15.1 Å². The lowest BCUT2D eigenvalue weighted by Gasteiger charge is -2.04. The van der Waals surface area contributed by atoms with E-state index in [4.69, 9.17) is 11.6 Å². The molecule has 0 bridgehead atoms. The van der Waals surface area contributed by atoms with Crippen LogP contribution in [0, 0.1) is 0 Å². The molecule has 0 saturated heterocycles. The molecule has 1 N–H and O–H groups in total. The smallest absolute Gasteiger partial charge is 0.255 e. The maximum atomic E-state index is 12.5. The molecule has 1 heterocycles. The minimum absolute atomic E-state index is 0.105. The van der Waals surface area contributed by atoms with Gasteiger partial charge in [0.05, 0.1) is 12.1 Å². The van der Waals surface area contributed by atoms with E-state index in [2.05, 4.69) is 10.4 Å². The molecule has 0 aliphatic heterocycles. The Hall–Kier alpha value is -2.59. The number of amides is 1. The predicted octanol–water partition coefficient (Wildman–Crippen LogP) is 4.39. The van der Waals surface area contributed by atoms with E-state index >= 15 is 0 Å². The van der Waals surface area contributed by atoms with E-state index in [0.29, 0.717) is 29.4 Å². The van der Waals surface area contributed by atoms with Crippen LogP contribution in [0.1, 0.15) is 29.3 Å². The topological polar surface area (TPSA) is 46.9 Å².